The number of aromatic nitrogens is 1. The van der Waals surface area contributed by atoms with Crippen LogP contribution in [-0.2, 0) is 11.3 Å². The molecule has 1 saturated carbocycles. The minimum Gasteiger partial charge on any atom is -0.480 e. The number of carbonyl (C=O) groups is 1. The van der Waals surface area contributed by atoms with Gasteiger partial charge in [-0.3, -0.25) is 0 Å². The average molecular weight is 398 g/mol. The third kappa shape index (κ3) is 5.57. The predicted octanol–water partition coefficient (Wildman–Crippen LogP) is 3.75. The SMILES string of the molecule is COc1nc(NC2CCC(NC(=O)OCc3ccccc3)CC2)c(F)cc1C#N. The highest BCUT2D eigenvalue weighted by atomic mass is 19.1. The van der Waals surface area contributed by atoms with Gasteiger partial charge in [0.05, 0.1) is 7.11 Å². The number of amides is 1. The van der Waals surface area contributed by atoms with E-state index in [1.54, 1.807) is 0 Å². The molecule has 0 unspecified atom stereocenters. The molecule has 0 bridgehead atoms. The summed E-state index contributed by atoms with van der Waals surface area (Å²) < 4.78 is 24.5. The lowest BCUT2D eigenvalue weighted by Gasteiger charge is -2.29. The monoisotopic (exact) mass is 398 g/mol. The molecule has 0 aliphatic heterocycles. The molecule has 2 aromatic rings. The molecular formula is C21H23FN4O3. The Hall–Kier alpha value is -3.34. The Morgan fingerprint density at radius 1 is 1.24 bits per heavy atom. The van der Waals surface area contributed by atoms with Gasteiger partial charge in [0.15, 0.2) is 11.6 Å². The lowest BCUT2D eigenvalue weighted by Crippen LogP contribution is -2.40. The second-order valence-electron chi connectivity index (χ2n) is 6.89. The second kappa shape index (κ2) is 9.73. The second-order valence-corrected chi connectivity index (χ2v) is 6.89. The summed E-state index contributed by atoms with van der Waals surface area (Å²) in [6.45, 7) is 0.231. The van der Waals surface area contributed by atoms with Gasteiger partial charge in [-0.05, 0) is 31.2 Å². The van der Waals surface area contributed by atoms with Crippen LogP contribution in [0.25, 0.3) is 0 Å². The van der Waals surface area contributed by atoms with Crippen molar-refractivity contribution in [3.05, 3.63) is 53.3 Å². The van der Waals surface area contributed by atoms with Gasteiger partial charge in [0.1, 0.15) is 18.2 Å². The molecule has 0 spiro atoms. The van der Waals surface area contributed by atoms with E-state index in [-0.39, 0.29) is 36.0 Å². The number of nitrogens with zero attached hydrogens (tertiary/aromatic N) is 2. The van der Waals surface area contributed by atoms with Crippen LogP contribution in [0.2, 0.25) is 0 Å². The van der Waals surface area contributed by atoms with Gasteiger partial charge in [-0.2, -0.15) is 10.2 Å². The van der Waals surface area contributed by atoms with E-state index >= 15 is 0 Å². The molecule has 1 aromatic heterocycles. The van der Waals surface area contributed by atoms with Crippen molar-refractivity contribution in [3.8, 4) is 11.9 Å². The van der Waals surface area contributed by atoms with Gasteiger partial charge in [0.25, 0.3) is 0 Å². The van der Waals surface area contributed by atoms with Crippen molar-refractivity contribution < 1.29 is 18.7 Å². The molecule has 152 valence electrons. The highest BCUT2D eigenvalue weighted by Crippen LogP contribution is 2.26. The predicted molar refractivity (Wildman–Crippen MR) is 105 cm³/mol. The molecule has 29 heavy (non-hydrogen) atoms. The van der Waals surface area contributed by atoms with E-state index in [1.807, 2.05) is 36.4 Å². The number of ether oxygens (including phenoxy) is 2. The maximum absolute atomic E-state index is 14.2. The highest BCUT2D eigenvalue weighted by Gasteiger charge is 2.24. The summed E-state index contributed by atoms with van der Waals surface area (Å²) in [5.74, 6) is -0.431. The van der Waals surface area contributed by atoms with E-state index in [4.69, 9.17) is 14.7 Å². The fourth-order valence-corrected chi connectivity index (χ4v) is 3.32. The Morgan fingerprint density at radius 3 is 2.59 bits per heavy atom. The molecule has 3 rings (SSSR count). The van der Waals surface area contributed by atoms with Crippen LogP contribution in [0.15, 0.2) is 36.4 Å². The highest BCUT2D eigenvalue weighted by molar-refractivity contribution is 5.67. The molecule has 0 saturated heterocycles. The van der Waals surface area contributed by atoms with Crippen LogP contribution in [0.4, 0.5) is 15.0 Å². The topological polar surface area (TPSA) is 96.3 Å². The summed E-state index contributed by atoms with van der Waals surface area (Å²) in [6.07, 6.45) is 2.54. The Labute approximate surface area is 168 Å². The normalized spacial score (nSPS) is 18.4. The maximum atomic E-state index is 14.2. The molecule has 0 radical (unpaired) electrons. The number of rotatable bonds is 6. The Morgan fingerprint density at radius 2 is 1.93 bits per heavy atom. The number of anilines is 1. The zero-order chi connectivity index (χ0) is 20.6. The number of halogens is 1. The number of methoxy groups -OCH3 is 1. The van der Waals surface area contributed by atoms with Crippen molar-refractivity contribution in [2.75, 3.05) is 12.4 Å². The number of nitrogens with one attached hydrogen (secondary N) is 2. The van der Waals surface area contributed by atoms with Crippen molar-refractivity contribution in [1.82, 2.24) is 10.3 Å². The van der Waals surface area contributed by atoms with Crippen LogP contribution in [0.1, 0.15) is 36.8 Å². The number of hydrogen-bond acceptors (Lipinski definition) is 6. The van der Waals surface area contributed by atoms with Gasteiger partial charge in [-0.1, -0.05) is 30.3 Å². The summed E-state index contributed by atoms with van der Waals surface area (Å²) in [6, 6.07) is 12.5. The first-order valence-corrected chi connectivity index (χ1v) is 9.47. The lowest BCUT2D eigenvalue weighted by atomic mass is 9.91. The number of hydrogen-bond donors (Lipinski definition) is 2. The zero-order valence-corrected chi connectivity index (χ0v) is 16.2. The quantitative estimate of drug-likeness (QED) is 0.769. The lowest BCUT2D eigenvalue weighted by molar-refractivity contribution is 0.132. The summed E-state index contributed by atoms with van der Waals surface area (Å²) in [4.78, 5) is 16.0. The molecule has 0 atom stereocenters. The number of nitriles is 1. The van der Waals surface area contributed by atoms with Crippen LogP contribution in [0.5, 0.6) is 5.88 Å². The average Bonchev–Trinajstić information content (AvgIpc) is 2.75. The number of alkyl carbamates (subject to hydrolysis) is 1. The van der Waals surface area contributed by atoms with E-state index in [9.17, 15) is 9.18 Å². The maximum Gasteiger partial charge on any atom is 0.407 e. The van der Waals surface area contributed by atoms with Crippen LogP contribution >= 0.6 is 0 Å². The van der Waals surface area contributed by atoms with Gasteiger partial charge in [0.2, 0.25) is 5.88 Å². The van der Waals surface area contributed by atoms with Gasteiger partial charge >= 0.3 is 6.09 Å². The van der Waals surface area contributed by atoms with E-state index < -0.39 is 11.9 Å². The molecule has 1 fully saturated rings. The van der Waals surface area contributed by atoms with E-state index in [0.29, 0.717) is 0 Å². The van der Waals surface area contributed by atoms with Crippen molar-refractivity contribution in [1.29, 1.82) is 5.26 Å². The van der Waals surface area contributed by atoms with E-state index in [1.165, 1.54) is 7.11 Å². The van der Waals surface area contributed by atoms with E-state index in [2.05, 4.69) is 15.6 Å². The van der Waals surface area contributed by atoms with Gasteiger partial charge in [0, 0.05) is 18.2 Å². The summed E-state index contributed by atoms with van der Waals surface area (Å²) >= 11 is 0. The minimum absolute atomic E-state index is 0.0182. The van der Waals surface area contributed by atoms with E-state index in [0.717, 1.165) is 37.3 Å². The largest absolute Gasteiger partial charge is 0.480 e. The fraction of sp³-hybridized carbons (Fsp3) is 0.381. The molecule has 1 aromatic carbocycles. The molecule has 8 heteroatoms. The third-order valence-electron chi connectivity index (χ3n) is 4.86. The van der Waals surface area contributed by atoms with Crippen LogP contribution < -0.4 is 15.4 Å². The minimum atomic E-state index is -0.591. The number of pyridine rings is 1. The first-order valence-electron chi connectivity index (χ1n) is 9.47. The summed E-state index contributed by atoms with van der Waals surface area (Å²) in [5, 5.41) is 14.9. The molecule has 1 amide bonds. The third-order valence-corrected chi connectivity index (χ3v) is 4.86. The number of benzene rings is 1. The molecule has 1 heterocycles. The Bertz CT molecular complexity index is 877. The van der Waals surface area contributed by atoms with Crippen molar-refractivity contribution >= 4 is 11.9 Å². The summed E-state index contributed by atoms with van der Waals surface area (Å²) in [7, 11) is 1.39. The Kier molecular flexibility index (Phi) is 6.85. The zero-order valence-electron chi connectivity index (χ0n) is 16.2. The van der Waals surface area contributed by atoms with Crippen LogP contribution in [0, 0.1) is 17.1 Å². The van der Waals surface area contributed by atoms with Crippen LogP contribution in [-0.4, -0.2) is 30.3 Å². The van der Waals surface area contributed by atoms with Gasteiger partial charge < -0.3 is 20.1 Å². The molecular weight excluding hydrogens is 375 g/mol. The van der Waals surface area contributed by atoms with Crippen molar-refractivity contribution in [3.63, 3.8) is 0 Å². The Balaban J connectivity index is 1.46. The van der Waals surface area contributed by atoms with Crippen LogP contribution in [0.3, 0.4) is 0 Å². The van der Waals surface area contributed by atoms with Gasteiger partial charge in [-0.15, -0.1) is 0 Å². The van der Waals surface area contributed by atoms with Crippen molar-refractivity contribution in [2.24, 2.45) is 0 Å². The molecule has 1 aliphatic rings. The standard InChI is InChI=1S/C21H23FN4O3/c1-28-20-15(12-23)11-18(22)19(26-20)24-16-7-9-17(10-8-16)25-21(27)29-13-14-5-3-2-4-6-14/h2-6,11,16-17H,7-10,13H2,1H3,(H,24,26)(H,25,27). The molecule has 2 N–H and O–H groups in total. The van der Waals surface area contributed by atoms with Crippen molar-refractivity contribution in [2.45, 2.75) is 44.4 Å². The smallest absolute Gasteiger partial charge is 0.407 e. The first-order chi connectivity index (χ1) is 14.1. The molecule has 1 aliphatic carbocycles. The molecule has 7 nitrogen and oxygen atoms in total. The first kappa shape index (κ1) is 20.4. The number of carbonyl (C=O) groups excluding carboxylic acids is 1. The van der Waals surface area contributed by atoms with Gasteiger partial charge in [-0.25, -0.2) is 9.18 Å². The summed E-state index contributed by atoms with van der Waals surface area (Å²) in [5.41, 5.74) is 0.986. The fourth-order valence-electron chi connectivity index (χ4n) is 3.32.